The number of hydrogen-bond acceptors (Lipinski definition) is 8. The van der Waals surface area contributed by atoms with Gasteiger partial charge >= 0.3 is 0 Å². The minimum Gasteiger partial charge on any atom is -0.370 e. The summed E-state index contributed by atoms with van der Waals surface area (Å²) in [4.78, 5) is 22.1. The minimum atomic E-state index is -0.494. The summed E-state index contributed by atoms with van der Waals surface area (Å²) in [5.74, 6) is 0.694. The molecule has 5 rings (SSSR count). The largest absolute Gasteiger partial charge is 0.370 e. The summed E-state index contributed by atoms with van der Waals surface area (Å²) in [7, 11) is 0. The molecule has 9 nitrogen and oxygen atoms in total. The van der Waals surface area contributed by atoms with Crippen LogP contribution in [0.4, 0.5) is 5.95 Å². The molecule has 32 heavy (non-hydrogen) atoms. The molecular formula is C23H27N7O2. The second-order valence-corrected chi connectivity index (χ2v) is 8.45. The molecule has 2 aliphatic rings. The van der Waals surface area contributed by atoms with Crippen LogP contribution in [-0.2, 0) is 41.8 Å². The van der Waals surface area contributed by atoms with Crippen molar-refractivity contribution in [1.82, 2.24) is 30.7 Å². The number of ether oxygens (including phenoxy) is 1. The molecule has 1 aromatic carbocycles. The van der Waals surface area contributed by atoms with Crippen molar-refractivity contribution in [2.75, 3.05) is 11.9 Å². The zero-order valence-corrected chi connectivity index (χ0v) is 18.0. The smallest absolute Gasteiger partial charge is 0.223 e. The highest BCUT2D eigenvalue weighted by Gasteiger charge is 2.29. The summed E-state index contributed by atoms with van der Waals surface area (Å²) in [6, 6.07) is 8.56. The fourth-order valence-corrected chi connectivity index (χ4v) is 4.44. The third-order valence-corrected chi connectivity index (χ3v) is 6.21. The third kappa shape index (κ3) is 4.53. The molecule has 0 fully saturated rings. The second-order valence-electron chi connectivity index (χ2n) is 8.45. The lowest BCUT2D eigenvalue weighted by Crippen LogP contribution is -2.46. The normalized spacial score (nSPS) is 18.7. The molecule has 0 bridgehead atoms. The summed E-state index contributed by atoms with van der Waals surface area (Å²) in [6.45, 7) is 2.76. The molecule has 3 aromatic rings. The maximum absolute atomic E-state index is 12.8. The van der Waals surface area contributed by atoms with Crippen molar-refractivity contribution in [2.24, 2.45) is 0 Å². The van der Waals surface area contributed by atoms with Crippen LogP contribution >= 0.6 is 0 Å². The molecule has 2 aromatic heterocycles. The van der Waals surface area contributed by atoms with E-state index in [9.17, 15) is 4.79 Å². The lowest BCUT2D eigenvalue weighted by atomic mass is 9.96. The first-order valence-corrected chi connectivity index (χ1v) is 11.1. The first kappa shape index (κ1) is 20.7. The Balaban J connectivity index is 1.14. The summed E-state index contributed by atoms with van der Waals surface area (Å²) in [5.41, 5.74) is 5.56. The molecule has 166 valence electrons. The predicted octanol–water partition coefficient (Wildman–Crippen LogP) is 1.41. The fourth-order valence-electron chi connectivity index (χ4n) is 4.44. The number of fused-ring (bicyclic) bond motifs is 2. The van der Waals surface area contributed by atoms with Crippen LogP contribution < -0.4 is 10.6 Å². The van der Waals surface area contributed by atoms with E-state index in [0.29, 0.717) is 38.0 Å². The highest BCUT2D eigenvalue weighted by Crippen LogP contribution is 2.24. The van der Waals surface area contributed by atoms with Gasteiger partial charge in [-0.3, -0.25) is 4.79 Å². The Morgan fingerprint density at radius 1 is 1.19 bits per heavy atom. The van der Waals surface area contributed by atoms with Crippen LogP contribution in [0, 0.1) is 0 Å². The van der Waals surface area contributed by atoms with Crippen LogP contribution in [0.3, 0.4) is 0 Å². The first-order valence-electron chi connectivity index (χ1n) is 11.1. The van der Waals surface area contributed by atoms with E-state index in [1.54, 1.807) is 13.1 Å². The third-order valence-electron chi connectivity index (χ3n) is 6.21. The molecule has 3 heterocycles. The van der Waals surface area contributed by atoms with Gasteiger partial charge in [-0.1, -0.05) is 24.3 Å². The van der Waals surface area contributed by atoms with E-state index < -0.39 is 6.10 Å². The van der Waals surface area contributed by atoms with Gasteiger partial charge in [0.15, 0.2) is 5.78 Å². The number of hydrogen-bond donors (Lipinski definition) is 3. The Kier molecular flexibility index (Phi) is 5.91. The highest BCUT2D eigenvalue weighted by atomic mass is 16.5. The van der Waals surface area contributed by atoms with E-state index in [1.165, 1.54) is 11.1 Å². The number of benzene rings is 1. The van der Waals surface area contributed by atoms with Crippen LogP contribution in [0.5, 0.6) is 0 Å². The summed E-state index contributed by atoms with van der Waals surface area (Å²) < 4.78 is 5.73. The molecule has 1 aliphatic heterocycles. The van der Waals surface area contributed by atoms with E-state index in [4.69, 9.17) is 9.72 Å². The molecule has 0 saturated heterocycles. The molecule has 0 spiro atoms. The van der Waals surface area contributed by atoms with Crippen LogP contribution in [-0.4, -0.2) is 56.0 Å². The lowest BCUT2D eigenvalue weighted by Gasteiger charge is -2.26. The Morgan fingerprint density at radius 2 is 2.00 bits per heavy atom. The molecule has 0 radical (unpaired) electrons. The van der Waals surface area contributed by atoms with E-state index >= 15 is 0 Å². The Hall–Kier alpha value is -3.17. The topological polar surface area (TPSA) is 118 Å². The van der Waals surface area contributed by atoms with Crippen molar-refractivity contribution in [3.8, 4) is 0 Å². The van der Waals surface area contributed by atoms with Crippen molar-refractivity contribution in [3.63, 3.8) is 0 Å². The number of H-pyrrole nitrogens is 1. The lowest BCUT2D eigenvalue weighted by molar-refractivity contribution is -0.131. The Labute approximate surface area is 186 Å². The number of anilines is 1. The van der Waals surface area contributed by atoms with Gasteiger partial charge in [-0.25, -0.2) is 9.97 Å². The second kappa shape index (κ2) is 9.13. The predicted molar refractivity (Wildman–Crippen MR) is 118 cm³/mol. The van der Waals surface area contributed by atoms with Crippen LogP contribution in [0.25, 0.3) is 0 Å². The number of ketones is 1. The van der Waals surface area contributed by atoms with Crippen molar-refractivity contribution >= 4 is 11.7 Å². The van der Waals surface area contributed by atoms with Gasteiger partial charge in [-0.2, -0.15) is 15.4 Å². The van der Waals surface area contributed by atoms with Crippen molar-refractivity contribution in [2.45, 2.75) is 57.3 Å². The summed E-state index contributed by atoms with van der Waals surface area (Å²) in [5, 5.41) is 17.1. The van der Waals surface area contributed by atoms with Crippen LogP contribution in [0.1, 0.15) is 35.0 Å². The quantitative estimate of drug-likeness (QED) is 0.488. The molecule has 9 heteroatoms. The van der Waals surface area contributed by atoms with Crippen molar-refractivity contribution in [3.05, 3.63) is 64.7 Å². The Bertz CT molecular complexity index is 1060. The summed E-state index contributed by atoms with van der Waals surface area (Å²) >= 11 is 0. The number of aromatic nitrogens is 5. The van der Waals surface area contributed by atoms with Gasteiger partial charge < -0.3 is 15.4 Å². The molecule has 1 aliphatic carbocycles. The van der Waals surface area contributed by atoms with Gasteiger partial charge in [-0.05, 0) is 42.9 Å². The minimum absolute atomic E-state index is 0.0433. The number of nitrogens with one attached hydrogen (secondary N) is 3. The van der Waals surface area contributed by atoms with E-state index in [1.807, 2.05) is 6.20 Å². The maximum atomic E-state index is 12.8. The average Bonchev–Trinajstić information content (AvgIpc) is 3.47. The number of carbonyl (C=O) groups excluding carboxylic acids is 1. The van der Waals surface area contributed by atoms with Gasteiger partial charge in [0.05, 0.1) is 30.2 Å². The number of Topliss-reactive ketones (excluding diaryl/α,β-unsaturated/α-hetero) is 1. The standard InChI is InChI=1S/C23H27N7O2/c1-14(32-7-6-18-12-26-30-29-18)22(31)20-10-17-11-25-23(28-21(17)13-24-20)27-19-8-15-4-2-3-5-16(15)9-19/h2-5,11-12,14,19-20,24H,6-10,13H2,1H3,(H,25,27,28)(H,26,29,30). The molecule has 0 saturated carbocycles. The molecular weight excluding hydrogens is 406 g/mol. The van der Waals surface area contributed by atoms with Crippen molar-refractivity contribution in [1.29, 1.82) is 0 Å². The van der Waals surface area contributed by atoms with E-state index in [2.05, 4.69) is 55.3 Å². The van der Waals surface area contributed by atoms with E-state index in [-0.39, 0.29) is 11.8 Å². The monoisotopic (exact) mass is 433 g/mol. The average molecular weight is 434 g/mol. The van der Waals surface area contributed by atoms with Gasteiger partial charge in [0.2, 0.25) is 5.95 Å². The summed E-state index contributed by atoms with van der Waals surface area (Å²) in [6.07, 6.45) is 6.17. The Morgan fingerprint density at radius 3 is 2.75 bits per heavy atom. The van der Waals surface area contributed by atoms with Crippen molar-refractivity contribution < 1.29 is 9.53 Å². The zero-order chi connectivity index (χ0) is 21.9. The van der Waals surface area contributed by atoms with Crippen LogP contribution in [0.15, 0.2) is 36.7 Å². The molecule has 0 amide bonds. The van der Waals surface area contributed by atoms with Gasteiger partial charge in [0.25, 0.3) is 0 Å². The fraction of sp³-hybridized carbons (Fsp3) is 0.435. The number of rotatable bonds is 8. The zero-order valence-electron chi connectivity index (χ0n) is 18.0. The van der Waals surface area contributed by atoms with Gasteiger partial charge in [-0.15, -0.1) is 0 Å². The molecule has 2 unspecified atom stereocenters. The highest BCUT2D eigenvalue weighted by molar-refractivity contribution is 5.88. The molecule has 3 N–H and O–H groups in total. The van der Waals surface area contributed by atoms with Gasteiger partial charge in [0.1, 0.15) is 6.10 Å². The maximum Gasteiger partial charge on any atom is 0.223 e. The van der Waals surface area contributed by atoms with Crippen LogP contribution in [0.2, 0.25) is 0 Å². The first-order chi connectivity index (χ1) is 15.7. The number of carbonyl (C=O) groups is 1. The number of aromatic amines is 1. The van der Waals surface area contributed by atoms with E-state index in [0.717, 1.165) is 29.8 Å². The van der Waals surface area contributed by atoms with Gasteiger partial charge in [0, 0.05) is 25.2 Å². The molecule has 2 atom stereocenters. The number of nitrogens with zero attached hydrogens (tertiary/aromatic N) is 4. The SMILES string of the molecule is CC(OCCc1cn[nH]n1)C(=O)C1Cc2cnc(NC3Cc4ccccc4C3)nc2CN1.